The highest BCUT2D eigenvalue weighted by molar-refractivity contribution is 5.84. The van der Waals surface area contributed by atoms with Crippen LogP contribution in [-0.4, -0.2) is 49.6 Å². The van der Waals surface area contributed by atoms with Crippen LogP contribution in [0.2, 0.25) is 0 Å². The number of ether oxygens (including phenoxy) is 4. The van der Waals surface area contributed by atoms with E-state index in [1.807, 2.05) is 30.3 Å². The van der Waals surface area contributed by atoms with Gasteiger partial charge in [0.1, 0.15) is 23.7 Å². The lowest BCUT2D eigenvalue weighted by Crippen LogP contribution is -2.47. The average molecular weight is 438 g/mol. The Kier molecular flexibility index (Phi) is 5.96. The minimum atomic E-state index is -0.582. The molecule has 2 saturated heterocycles. The second-order valence-corrected chi connectivity index (χ2v) is 8.35. The van der Waals surface area contributed by atoms with Gasteiger partial charge in [0.2, 0.25) is 5.91 Å². The third-order valence-corrected chi connectivity index (χ3v) is 6.15. The number of para-hydroxylation sites is 1. The smallest absolute Gasteiger partial charge is 0.412 e. The average Bonchev–Trinajstić information content (AvgIpc) is 3.32. The third kappa shape index (κ3) is 4.56. The number of rotatable bonds is 6. The number of hydrogen-bond acceptors (Lipinski definition) is 6. The van der Waals surface area contributed by atoms with Crippen LogP contribution < -0.4 is 15.4 Å². The number of fused-ring (bicyclic) bond motifs is 1. The van der Waals surface area contributed by atoms with E-state index in [4.69, 9.17) is 18.9 Å². The largest absolute Gasteiger partial charge is 0.457 e. The first-order chi connectivity index (χ1) is 15.7. The van der Waals surface area contributed by atoms with Gasteiger partial charge in [0.15, 0.2) is 6.10 Å². The van der Waals surface area contributed by atoms with Crippen LogP contribution in [0.4, 0.5) is 10.5 Å². The first-order valence-electron chi connectivity index (χ1n) is 11.0. The fraction of sp³-hybridized carbons (Fsp3) is 0.417. The summed E-state index contributed by atoms with van der Waals surface area (Å²) in [5.74, 6) is 1.58. The monoisotopic (exact) mass is 438 g/mol. The lowest BCUT2D eigenvalue weighted by molar-refractivity contribution is -0.128. The molecule has 4 atom stereocenters. The van der Waals surface area contributed by atoms with Crippen molar-refractivity contribution in [2.45, 2.75) is 43.6 Å². The first kappa shape index (κ1) is 20.8. The van der Waals surface area contributed by atoms with Crippen molar-refractivity contribution >= 4 is 17.7 Å². The second kappa shape index (κ2) is 9.18. The molecule has 2 aromatic rings. The van der Waals surface area contributed by atoms with Crippen molar-refractivity contribution in [1.29, 1.82) is 0 Å². The van der Waals surface area contributed by atoms with Crippen LogP contribution in [0.25, 0.3) is 0 Å². The molecule has 32 heavy (non-hydrogen) atoms. The fourth-order valence-corrected chi connectivity index (χ4v) is 4.18. The van der Waals surface area contributed by atoms with Gasteiger partial charge < -0.3 is 24.3 Å². The van der Waals surface area contributed by atoms with E-state index in [-0.39, 0.29) is 36.7 Å². The van der Waals surface area contributed by atoms with Gasteiger partial charge in [-0.05, 0) is 49.2 Å². The minimum Gasteiger partial charge on any atom is -0.457 e. The van der Waals surface area contributed by atoms with E-state index < -0.39 is 12.2 Å². The van der Waals surface area contributed by atoms with Crippen molar-refractivity contribution in [2.75, 3.05) is 18.5 Å². The van der Waals surface area contributed by atoms with Crippen LogP contribution >= 0.6 is 0 Å². The zero-order chi connectivity index (χ0) is 21.9. The predicted octanol–water partition coefficient (Wildman–Crippen LogP) is 3.48. The van der Waals surface area contributed by atoms with Gasteiger partial charge in [0, 0.05) is 11.6 Å². The molecule has 0 bridgehead atoms. The summed E-state index contributed by atoms with van der Waals surface area (Å²) in [7, 11) is 0. The maximum atomic E-state index is 12.4. The van der Waals surface area contributed by atoms with Crippen LogP contribution in [0.5, 0.6) is 11.5 Å². The Bertz CT molecular complexity index is 947. The molecule has 8 nitrogen and oxygen atoms in total. The van der Waals surface area contributed by atoms with Gasteiger partial charge in [-0.1, -0.05) is 24.6 Å². The lowest BCUT2D eigenvalue weighted by atomic mass is 9.84. The summed E-state index contributed by atoms with van der Waals surface area (Å²) in [6, 6.07) is 16.3. The number of anilines is 1. The molecule has 5 rings (SSSR count). The van der Waals surface area contributed by atoms with Gasteiger partial charge in [0.05, 0.1) is 19.3 Å². The molecule has 2 aliphatic heterocycles. The number of nitrogens with one attached hydrogen (secondary N) is 2. The molecular formula is C24H26N2O6. The Morgan fingerprint density at radius 2 is 1.59 bits per heavy atom. The summed E-state index contributed by atoms with van der Waals surface area (Å²) >= 11 is 0. The number of carbonyl (C=O) groups excluding carboxylic acids is 2. The number of hydrogen-bond donors (Lipinski definition) is 2. The summed E-state index contributed by atoms with van der Waals surface area (Å²) in [5, 5.41) is 5.75. The van der Waals surface area contributed by atoms with Gasteiger partial charge in [-0.15, -0.1) is 0 Å². The SMILES string of the molecule is O=C(Nc1ccc(Oc2ccccc2)cc1)O[C@@H]1CO[C@H]2[C@@H]1OC[C@@H]2NC(=O)C1CCC1. The molecule has 2 amide bonds. The molecule has 0 aromatic heterocycles. The molecule has 3 fully saturated rings. The fourth-order valence-electron chi connectivity index (χ4n) is 4.18. The van der Waals surface area contributed by atoms with E-state index in [2.05, 4.69) is 10.6 Å². The molecule has 0 spiro atoms. The quantitative estimate of drug-likeness (QED) is 0.717. The van der Waals surface area contributed by atoms with Crippen LogP contribution in [0.15, 0.2) is 54.6 Å². The summed E-state index contributed by atoms with van der Waals surface area (Å²) in [4.78, 5) is 24.6. The lowest BCUT2D eigenvalue weighted by Gasteiger charge is -2.27. The molecule has 3 aliphatic rings. The van der Waals surface area contributed by atoms with E-state index in [0.29, 0.717) is 18.0 Å². The predicted molar refractivity (Wildman–Crippen MR) is 116 cm³/mol. The summed E-state index contributed by atoms with van der Waals surface area (Å²) < 4.78 is 22.9. The van der Waals surface area contributed by atoms with Crippen molar-refractivity contribution in [3.8, 4) is 11.5 Å². The van der Waals surface area contributed by atoms with Crippen LogP contribution in [0, 0.1) is 5.92 Å². The molecule has 2 aromatic carbocycles. The standard InChI is InChI=1S/C24H26N2O6/c27-23(15-5-4-6-15)26-19-13-29-22-20(14-30-21(19)22)32-24(28)25-16-9-11-18(12-10-16)31-17-7-2-1-3-8-17/h1-3,7-12,15,19-22H,4-6,13-14H2,(H,25,28)(H,26,27)/t19-,20+,21+,22+/m0/s1. The number of amides is 2. The van der Waals surface area contributed by atoms with Gasteiger partial charge >= 0.3 is 6.09 Å². The van der Waals surface area contributed by atoms with Crippen molar-refractivity contribution in [1.82, 2.24) is 5.32 Å². The third-order valence-electron chi connectivity index (χ3n) is 6.15. The highest BCUT2D eigenvalue weighted by Crippen LogP contribution is 2.31. The van der Waals surface area contributed by atoms with E-state index in [9.17, 15) is 9.59 Å². The Morgan fingerprint density at radius 1 is 0.875 bits per heavy atom. The molecule has 2 heterocycles. The Morgan fingerprint density at radius 3 is 2.31 bits per heavy atom. The Labute approximate surface area is 186 Å². The van der Waals surface area contributed by atoms with Crippen molar-refractivity contribution < 1.29 is 28.5 Å². The molecular weight excluding hydrogens is 412 g/mol. The van der Waals surface area contributed by atoms with E-state index in [0.717, 1.165) is 25.0 Å². The molecule has 0 unspecified atom stereocenters. The summed E-state index contributed by atoms with van der Waals surface area (Å²) in [6.45, 7) is 0.598. The zero-order valence-corrected chi connectivity index (χ0v) is 17.6. The van der Waals surface area contributed by atoms with Crippen LogP contribution in [0.1, 0.15) is 19.3 Å². The molecule has 2 N–H and O–H groups in total. The van der Waals surface area contributed by atoms with Gasteiger partial charge in [-0.25, -0.2) is 4.79 Å². The normalized spacial score (nSPS) is 26.6. The first-order valence-corrected chi connectivity index (χ1v) is 11.0. The molecule has 8 heteroatoms. The van der Waals surface area contributed by atoms with Crippen molar-refractivity contribution in [3.05, 3.63) is 54.6 Å². The second-order valence-electron chi connectivity index (χ2n) is 8.35. The Balaban J connectivity index is 1.10. The van der Waals surface area contributed by atoms with E-state index >= 15 is 0 Å². The maximum absolute atomic E-state index is 12.4. The number of benzene rings is 2. The van der Waals surface area contributed by atoms with Gasteiger partial charge in [-0.2, -0.15) is 0 Å². The molecule has 1 saturated carbocycles. The van der Waals surface area contributed by atoms with E-state index in [1.165, 1.54) is 0 Å². The maximum Gasteiger partial charge on any atom is 0.412 e. The summed E-state index contributed by atoms with van der Waals surface area (Å²) in [6.07, 6.45) is 1.21. The highest BCUT2D eigenvalue weighted by Gasteiger charge is 2.50. The van der Waals surface area contributed by atoms with E-state index in [1.54, 1.807) is 24.3 Å². The summed E-state index contributed by atoms with van der Waals surface area (Å²) in [5.41, 5.74) is 0.587. The van der Waals surface area contributed by atoms with Crippen molar-refractivity contribution in [2.24, 2.45) is 5.92 Å². The molecule has 1 aliphatic carbocycles. The molecule has 168 valence electrons. The van der Waals surface area contributed by atoms with Crippen LogP contribution in [0.3, 0.4) is 0 Å². The Hall–Kier alpha value is -3.10. The van der Waals surface area contributed by atoms with Crippen molar-refractivity contribution in [3.63, 3.8) is 0 Å². The van der Waals surface area contributed by atoms with Gasteiger partial charge in [-0.3, -0.25) is 10.1 Å². The zero-order valence-electron chi connectivity index (χ0n) is 17.6. The van der Waals surface area contributed by atoms with Crippen LogP contribution in [-0.2, 0) is 19.0 Å². The number of carbonyl (C=O) groups is 2. The topological polar surface area (TPSA) is 95.1 Å². The molecule has 0 radical (unpaired) electrons. The van der Waals surface area contributed by atoms with Gasteiger partial charge in [0.25, 0.3) is 0 Å². The minimum absolute atomic E-state index is 0.0657. The highest BCUT2D eigenvalue weighted by atomic mass is 16.6.